The maximum absolute atomic E-state index is 14.3. The zero-order valence-electron chi connectivity index (χ0n) is 17.1. The first-order valence-corrected chi connectivity index (χ1v) is 11.2. The molecule has 0 aliphatic carbocycles. The van der Waals surface area contributed by atoms with Crippen molar-refractivity contribution in [1.29, 1.82) is 0 Å². The summed E-state index contributed by atoms with van der Waals surface area (Å²) >= 11 is 0. The molecule has 0 aliphatic heterocycles. The van der Waals surface area contributed by atoms with Crippen LogP contribution in [0.5, 0.6) is 0 Å². The highest BCUT2D eigenvalue weighted by atomic mass is 32.2. The molecule has 3 aromatic carbocycles. The van der Waals surface area contributed by atoms with Gasteiger partial charge in [0.25, 0.3) is 15.9 Å². The molecule has 32 heavy (non-hydrogen) atoms. The average molecular weight is 450 g/mol. The fraction of sp³-hybridized carbons (Fsp3) is 0.0417. The maximum Gasteiger partial charge on any atom is 0.264 e. The molecule has 0 saturated heterocycles. The molecule has 0 radical (unpaired) electrons. The summed E-state index contributed by atoms with van der Waals surface area (Å²) in [4.78, 5) is 12.7. The Balaban J connectivity index is 1.60. The Morgan fingerprint density at radius 3 is 2.34 bits per heavy atom. The lowest BCUT2D eigenvalue weighted by Gasteiger charge is -2.19. The second-order valence-electron chi connectivity index (χ2n) is 7.04. The SMILES string of the molecule is CN(c1ccccc1)S(=O)(=O)c1cccc(C(=O)Nc2cc(-n3cccc3)ccc2F)c1. The number of halogens is 1. The molecule has 1 aromatic heterocycles. The van der Waals surface area contributed by atoms with Gasteiger partial charge >= 0.3 is 0 Å². The van der Waals surface area contributed by atoms with Gasteiger partial charge in [0.2, 0.25) is 0 Å². The van der Waals surface area contributed by atoms with Crippen LogP contribution in [0.1, 0.15) is 10.4 Å². The van der Waals surface area contributed by atoms with E-state index in [0.29, 0.717) is 11.4 Å². The molecular weight excluding hydrogens is 429 g/mol. The number of carbonyl (C=O) groups is 1. The molecule has 0 fully saturated rings. The third kappa shape index (κ3) is 4.26. The number of benzene rings is 3. The average Bonchev–Trinajstić information content (AvgIpc) is 3.35. The molecule has 162 valence electrons. The van der Waals surface area contributed by atoms with Gasteiger partial charge < -0.3 is 9.88 Å². The molecule has 0 atom stereocenters. The Bertz CT molecular complexity index is 1350. The lowest BCUT2D eigenvalue weighted by molar-refractivity contribution is 0.102. The van der Waals surface area contributed by atoms with Gasteiger partial charge in [0.1, 0.15) is 5.82 Å². The van der Waals surface area contributed by atoms with E-state index in [1.807, 2.05) is 12.1 Å². The summed E-state index contributed by atoms with van der Waals surface area (Å²) in [6.07, 6.45) is 3.60. The van der Waals surface area contributed by atoms with Crippen molar-refractivity contribution in [3.63, 3.8) is 0 Å². The quantitative estimate of drug-likeness (QED) is 0.464. The number of nitrogens with zero attached hydrogens (tertiary/aromatic N) is 2. The van der Waals surface area contributed by atoms with E-state index < -0.39 is 21.7 Å². The van der Waals surface area contributed by atoms with E-state index in [1.165, 1.54) is 43.4 Å². The van der Waals surface area contributed by atoms with E-state index in [-0.39, 0.29) is 16.1 Å². The van der Waals surface area contributed by atoms with Crippen molar-refractivity contribution < 1.29 is 17.6 Å². The first kappa shape index (κ1) is 21.3. The van der Waals surface area contributed by atoms with E-state index in [2.05, 4.69) is 5.32 Å². The highest BCUT2D eigenvalue weighted by molar-refractivity contribution is 7.92. The minimum Gasteiger partial charge on any atom is -0.324 e. The van der Waals surface area contributed by atoms with Gasteiger partial charge in [-0.2, -0.15) is 0 Å². The Kier molecular flexibility index (Phi) is 5.79. The van der Waals surface area contributed by atoms with Gasteiger partial charge in [-0.15, -0.1) is 0 Å². The van der Waals surface area contributed by atoms with E-state index in [0.717, 1.165) is 4.31 Å². The Morgan fingerprint density at radius 2 is 1.62 bits per heavy atom. The summed E-state index contributed by atoms with van der Waals surface area (Å²) in [5.74, 6) is -1.21. The standard InChI is InChI=1S/C24H20FN3O3S/c1-27(19-9-3-2-4-10-19)32(30,31)21-11-7-8-18(16-21)24(29)26-23-17-20(12-13-22(23)25)28-14-5-6-15-28/h2-17H,1H3,(H,26,29). The third-order valence-corrected chi connectivity index (χ3v) is 6.76. The van der Waals surface area contributed by atoms with Gasteiger partial charge in [0, 0.05) is 30.7 Å². The maximum atomic E-state index is 14.3. The number of nitrogens with one attached hydrogen (secondary N) is 1. The van der Waals surface area contributed by atoms with Crippen molar-refractivity contribution in [3.8, 4) is 5.69 Å². The van der Waals surface area contributed by atoms with Gasteiger partial charge in [-0.3, -0.25) is 9.10 Å². The van der Waals surface area contributed by atoms with Crippen molar-refractivity contribution in [3.05, 3.63) is 109 Å². The Morgan fingerprint density at radius 1 is 0.906 bits per heavy atom. The molecule has 1 N–H and O–H groups in total. The van der Waals surface area contributed by atoms with Crippen LogP contribution >= 0.6 is 0 Å². The van der Waals surface area contributed by atoms with Gasteiger partial charge in [0.05, 0.1) is 16.3 Å². The van der Waals surface area contributed by atoms with Gasteiger partial charge in [-0.1, -0.05) is 24.3 Å². The van der Waals surface area contributed by atoms with Crippen LogP contribution in [-0.4, -0.2) is 25.9 Å². The Hall–Kier alpha value is -3.91. The minimum absolute atomic E-state index is 0.00383. The van der Waals surface area contributed by atoms with Crippen LogP contribution in [-0.2, 0) is 10.0 Å². The highest BCUT2D eigenvalue weighted by Gasteiger charge is 2.22. The van der Waals surface area contributed by atoms with Gasteiger partial charge in [-0.25, -0.2) is 12.8 Å². The van der Waals surface area contributed by atoms with E-state index in [9.17, 15) is 17.6 Å². The first-order chi connectivity index (χ1) is 15.4. The zero-order chi connectivity index (χ0) is 22.7. The fourth-order valence-corrected chi connectivity index (χ4v) is 4.45. The van der Waals surface area contributed by atoms with Crippen molar-refractivity contribution in [2.24, 2.45) is 0 Å². The first-order valence-electron chi connectivity index (χ1n) is 9.74. The number of anilines is 2. The minimum atomic E-state index is -3.89. The van der Waals surface area contributed by atoms with Crippen molar-refractivity contribution in [1.82, 2.24) is 4.57 Å². The second kappa shape index (κ2) is 8.68. The number of amides is 1. The van der Waals surface area contributed by atoms with Crippen LogP contribution < -0.4 is 9.62 Å². The summed E-state index contributed by atoms with van der Waals surface area (Å²) in [7, 11) is -2.45. The summed E-state index contributed by atoms with van der Waals surface area (Å²) in [6.45, 7) is 0. The molecule has 1 heterocycles. The predicted molar refractivity (Wildman–Crippen MR) is 122 cm³/mol. The monoisotopic (exact) mass is 449 g/mol. The highest BCUT2D eigenvalue weighted by Crippen LogP contribution is 2.24. The zero-order valence-corrected chi connectivity index (χ0v) is 18.0. The van der Waals surface area contributed by atoms with Crippen molar-refractivity contribution >= 4 is 27.3 Å². The van der Waals surface area contributed by atoms with Gasteiger partial charge in [-0.05, 0) is 60.7 Å². The molecule has 4 rings (SSSR count). The number of hydrogen-bond donors (Lipinski definition) is 1. The van der Waals surface area contributed by atoms with Crippen molar-refractivity contribution in [2.75, 3.05) is 16.7 Å². The number of aromatic nitrogens is 1. The number of carbonyl (C=O) groups excluding carboxylic acids is 1. The molecule has 4 aromatic rings. The predicted octanol–water partition coefficient (Wildman–Crippen LogP) is 4.69. The molecule has 0 unspecified atom stereocenters. The van der Waals surface area contributed by atoms with Crippen LogP contribution in [0.3, 0.4) is 0 Å². The fourth-order valence-electron chi connectivity index (χ4n) is 3.20. The molecule has 0 bridgehead atoms. The summed E-state index contributed by atoms with van der Waals surface area (Å²) in [5, 5.41) is 2.53. The van der Waals surface area contributed by atoms with Crippen LogP contribution in [0.15, 0.2) is 102 Å². The van der Waals surface area contributed by atoms with E-state index in [1.54, 1.807) is 53.4 Å². The Labute approximate surface area is 185 Å². The van der Waals surface area contributed by atoms with E-state index >= 15 is 0 Å². The molecule has 0 saturated carbocycles. The third-order valence-electron chi connectivity index (χ3n) is 4.98. The molecule has 0 spiro atoms. The van der Waals surface area contributed by atoms with Crippen molar-refractivity contribution in [2.45, 2.75) is 4.90 Å². The number of hydrogen-bond acceptors (Lipinski definition) is 3. The normalized spacial score (nSPS) is 11.2. The smallest absolute Gasteiger partial charge is 0.264 e. The van der Waals surface area contributed by atoms with Crippen LogP contribution in [0.2, 0.25) is 0 Å². The van der Waals surface area contributed by atoms with Crippen LogP contribution in [0.25, 0.3) is 5.69 Å². The molecule has 8 heteroatoms. The van der Waals surface area contributed by atoms with Crippen LogP contribution in [0, 0.1) is 5.82 Å². The van der Waals surface area contributed by atoms with E-state index in [4.69, 9.17) is 0 Å². The number of para-hydroxylation sites is 1. The lowest BCUT2D eigenvalue weighted by Crippen LogP contribution is -2.26. The van der Waals surface area contributed by atoms with Gasteiger partial charge in [0.15, 0.2) is 0 Å². The lowest BCUT2D eigenvalue weighted by atomic mass is 10.2. The number of sulfonamides is 1. The topological polar surface area (TPSA) is 71.4 Å². The summed E-state index contributed by atoms with van der Waals surface area (Å²) in [6, 6.07) is 22.3. The van der Waals surface area contributed by atoms with Crippen LogP contribution in [0.4, 0.5) is 15.8 Å². The largest absolute Gasteiger partial charge is 0.324 e. The molecular formula is C24H20FN3O3S. The second-order valence-corrected chi connectivity index (χ2v) is 9.01. The summed E-state index contributed by atoms with van der Waals surface area (Å²) < 4.78 is 43.3. The summed E-state index contributed by atoms with van der Waals surface area (Å²) in [5.41, 5.74) is 1.26. The molecule has 0 aliphatic rings. The molecule has 6 nitrogen and oxygen atoms in total. The number of rotatable bonds is 6. The molecule has 1 amide bonds.